The number of hydrogen-bond acceptors (Lipinski definition) is 3. The minimum Gasteiger partial charge on any atom is -0.315 e. The molecule has 0 aromatic heterocycles. The zero-order valence-electron chi connectivity index (χ0n) is 11.6. The van der Waals surface area contributed by atoms with E-state index in [0.29, 0.717) is 12.1 Å². The van der Waals surface area contributed by atoms with Crippen molar-refractivity contribution in [3.8, 4) is 12.3 Å². The fraction of sp³-hybridized carbons (Fsp3) is 0.857. The minimum absolute atomic E-state index is 0.550. The normalized spacial score (nSPS) is 25.2. The van der Waals surface area contributed by atoms with E-state index in [1.54, 1.807) is 0 Å². The van der Waals surface area contributed by atoms with Crippen LogP contribution in [0, 0.1) is 12.3 Å². The molecule has 1 N–H and O–H groups in total. The Bertz CT molecular complexity index is 246. The molecule has 0 amide bonds. The minimum atomic E-state index is 0.550. The number of nitrogens with zero attached hydrogens (tertiary/aromatic N) is 2. The maximum absolute atomic E-state index is 5.32. The largest absolute Gasteiger partial charge is 0.315 e. The number of nitrogens with one attached hydrogen (secondary N) is 1. The van der Waals surface area contributed by atoms with E-state index in [1.165, 1.54) is 25.9 Å². The highest BCUT2D eigenvalue weighted by molar-refractivity contribution is 4.89. The van der Waals surface area contributed by atoms with Crippen LogP contribution in [0.1, 0.15) is 25.7 Å². The van der Waals surface area contributed by atoms with Gasteiger partial charge in [-0.05, 0) is 53.5 Å². The molecule has 1 saturated heterocycles. The third kappa shape index (κ3) is 4.67. The van der Waals surface area contributed by atoms with Crippen LogP contribution >= 0.6 is 0 Å². The van der Waals surface area contributed by atoms with Gasteiger partial charge in [0.05, 0.1) is 0 Å². The van der Waals surface area contributed by atoms with Crippen molar-refractivity contribution in [3.63, 3.8) is 0 Å². The molecule has 0 spiro atoms. The molecule has 17 heavy (non-hydrogen) atoms. The second-order valence-electron chi connectivity index (χ2n) is 5.16. The van der Waals surface area contributed by atoms with Gasteiger partial charge >= 0.3 is 0 Å². The average molecular weight is 237 g/mol. The molecule has 2 atom stereocenters. The van der Waals surface area contributed by atoms with Crippen LogP contribution in [0.4, 0.5) is 0 Å². The molecular weight excluding hydrogens is 210 g/mol. The van der Waals surface area contributed by atoms with Crippen molar-refractivity contribution in [2.45, 2.75) is 37.8 Å². The SMILES string of the molecule is C#CCCCC(NC)C1CN(C)CCCN1C. The highest BCUT2D eigenvalue weighted by atomic mass is 15.2. The lowest BCUT2D eigenvalue weighted by molar-refractivity contribution is 0.176. The van der Waals surface area contributed by atoms with Gasteiger partial charge in [-0.3, -0.25) is 0 Å². The first-order chi connectivity index (χ1) is 8.19. The molecule has 3 heteroatoms. The molecule has 98 valence electrons. The third-order valence-corrected chi connectivity index (χ3v) is 3.79. The molecule has 2 unspecified atom stereocenters. The van der Waals surface area contributed by atoms with E-state index in [-0.39, 0.29) is 0 Å². The van der Waals surface area contributed by atoms with Crippen LogP contribution in [0.2, 0.25) is 0 Å². The van der Waals surface area contributed by atoms with E-state index in [0.717, 1.165) is 19.4 Å². The Labute approximate surface area is 107 Å². The van der Waals surface area contributed by atoms with E-state index in [2.05, 4.69) is 42.2 Å². The maximum atomic E-state index is 5.32. The van der Waals surface area contributed by atoms with E-state index >= 15 is 0 Å². The van der Waals surface area contributed by atoms with E-state index < -0.39 is 0 Å². The van der Waals surface area contributed by atoms with Gasteiger partial charge in [-0.1, -0.05) is 0 Å². The van der Waals surface area contributed by atoms with Crippen LogP contribution < -0.4 is 5.32 Å². The Balaban J connectivity index is 2.54. The number of unbranched alkanes of at least 4 members (excludes halogenated alkanes) is 1. The first-order valence-electron chi connectivity index (χ1n) is 6.68. The summed E-state index contributed by atoms with van der Waals surface area (Å²) in [6, 6.07) is 1.15. The maximum Gasteiger partial charge on any atom is 0.0373 e. The number of likely N-dealkylation sites (N-methyl/N-ethyl adjacent to an activating group) is 3. The van der Waals surface area contributed by atoms with Gasteiger partial charge in [0.15, 0.2) is 0 Å². The van der Waals surface area contributed by atoms with Gasteiger partial charge in [0, 0.05) is 25.0 Å². The molecule has 1 rings (SSSR count). The van der Waals surface area contributed by atoms with Gasteiger partial charge < -0.3 is 15.1 Å². The summed E-state index contributed by atoms with van der Waals surface area (Å²) in [6.07, 6.45) is 9.77. The first-order valence-corrected chi connectivity index (χ1v) is 6.68. The zero-order chi connectivity index (χ0) is 12.7. The molecule has 1 fully saturated rings. The average Bonchev–Trinajstić information content (AvgIpc) is 2.47. The van der Waals surface area contributed by atoms with Crippen LogP contribution in [-0.4, -0.2) is 62.7 Å². The molecule has 1 heterocycles. The topological polar surface area (TPSA) is 18.5 Å². The fourth-order valence-electron chi connectivity index (χ4n) is 2.69. The van der Waals surface area contributed by atoms with Crippen LogP contribution in [0.25, 0.3) is 0 Å². The fourth-order valence-corrected chi connectivity index (χ4v) is 2.69. The summed E-state index contributed by atoms with van der Waals surface area (Å²) in [5.74, 6) is 2.73. The van der Waals surface area contributed by atoms with Crippen molar-refractivity contribution in [2.75, 3.05) is 40.8 Å². The van der Waals surface area contributed by atoms with E-state index in [1.807, 2.05) is 0 Å². The molecule has 3 nitrogen and oxygen atoms in total. The molecule has 0 aromatic rings. The van der Waals surface area contributed by atoms with E-state index in [4.69, 9.17) is 6.42 Å². The van der Waals surface area contributed by atoms with Gasteiger partial charge in [0.25, 0.3) is 0 Å². The molecule has 1 aliphatic rings. The lowest BCUT2D eigenvalue weighted by Crippen LogP contribution is -2.51. The Hall–Kier alpha value is -0.560. The standard InChI is InChI=1S/C14H27N3/c1-5-6-7-9-13(15-2)14-12-16(3)10-8-11-17(14)4/h1,13-15H,6-12H2,2-4H3. The first kappa shape index (κ1) is 14.5. The second kappa shape index (κ2) is 7.71. The van der Waals surface area contributed by atoms with Crippen molar-refractivity contribution in [1.82, 2.24) is 15.1 Å². The Morgan fingerprint density at radius 1 is 1.41 bits per heavy atom. The monoisotopic (exact) mass is 237 g/mol. The van der Waals surface area contributed by atoms with Crippen LogP contribution in [0.3, 0.4) is 0 Å². The summed E-state index contributed by atoms with van der Waals surface area (Å²) in [6.45, 7) is 3.56. The predicted molar refractivity (Wildman–Crippen MR) is 74.1 cm³/mol. The van der Waals surface area contributed by atoms with Crippen molar-refractivity contribution in [1.29, 1.82) is 0 Å². The summed E-state index contributed by atoms with van der Waals surface area (Å²) in [5, 5.41) is 3.47. The van der Waals surface area contributed by atoms with Crippen molar-refractivity contribution >= 4 is 0 Å². The zero-order valence-corrected chi connectivity index (χ0v) is 11.6. The second-order valence-corrected chi connectivity index (χ2v) is 5.16. The summed E-state index contributed by atoms with van der Waals surface area (Å²) >= 11 is 0. The smallest absolute Gasteiger partial charge is 0.0373 e. The van der Waals surface area contributed by atoms with Gasteiger partial charge in [-0.2, -0.15) is 0 Å². The molecule has 0 aliphatic carbocycles. The number of hydrogen-bond donors (Lipinski definition) is 1. The summed E-state index contributed by atoms with van der Waals surface area (Å²) < 4.78 is 0. The van der Waals surface area contributed by atoms with Gasteiger partial charge in [-0.15, -0.1) is 12.3 Å². The van der Waals surface area contributed by atoms with Gasteiger partial charge in [0.2, 0.25) is 0 Å². The molecule has 0 saturated carbocycles. The summed E-state index contributed by atoms with van der Waals surface area (Å²) in [7, 11) is 6.54. The van der Waals surface area contributed by atoms with Crippen LogP contribution in [-0.2, 0) is 0 Å². The number of rotatable bonds is 5. The highest BCUT2D eigenvalue weighted by Crippen LogP contribution is 2.14. The van der Waals surface area contributed by atoms with Crippen LogP contribution in [0.5, 0.6) is 0 Å². The molecular formula is C14H27N3. The summed E-state index contributed by atoms with van der Waals surface area (Å²) in [5.41, 5.74) is 0. The lowest BCUT2D eigenvalue weighted by Gasteiger charge is -2.34. The third-order valence-electron chi connectivity index (χ3n) is 3.79. The highest BCUT2D eigenvalue weighted by Gasteiger charge is 2.26. The Kier molecular flexibility index (Phi) is 6.57. The molecule has 1 aliphatic heterocycles. The van der Waals surface area contributed by atoms with Crippen molar-refractivity contribution < 1.29 is 0 Å². The van der Waals surface area contributed by atoms with Gasteiger partial charge in [0.1, 0.15) is 0 Å². The van der Waals surface area contributed by atoms with Crippen molar-refractivity contribution in [2.24, 2.45) is 0 Å². The lowest BCUT2D eigenvalue weighted by atomic mass is 10.0. The number of terminal acetylenes is 1. The predicted octanol–water partition coefficient (Wildman–Crippen LogP) is 1.01. The quantitative estimate of drug-likeness (QED) is 0.569. The molecule has 0 bridgehead atoms. The Morgan fingerprint density at radius 2 is 2.18 bits per heavy atom. The Morgan fingerprint density at radius 3 is 2.82 bits per heavy atom. The van der Waals surface area contributed by atoms with Crippen molar-refractivity contribution in [3.05, 3.63) is 0 Å². The van der Waals surface area contributed by atoms with Crippen LogP contribution in [0.15, 0.2) is 0 Å². The molecule has 0 aromatic carbocycles. The summed E-state index contributed by atoms with van der Waals surface area (Å²) in [4.78, 5) is 4.94. The molecule has 0 radical (unpaired) electrons. The van der Waals surface area contributed by atoms with Gasteiger partial charge in [-0.25, -0.2) is 0 Å². The van der Waals surface area contributed by atoms with E-state index in [9.17, 15) is 0 Å².